The fourth-order valence-corrected chi connectivity index (χ4v) is 2.67. The van der Waals surface area contributed by atoms with Gasteiger partial charge in [0.15, 0.2) is 11.5 Å². The predicted octanol–water partition coefficient (Wildman–Crippen LogP) is 4.34. The first-order valence-corrected chi connectivity index (χ1v) is 7.08. The maximum atomic E-state index is 5.98. The molecule has 6 heteroatoms. The molecule has 0 spiro atoms. The van der Waals surface area contributed by atoms with Crippen LogP contribution in [0.4, 0.5) is 5.69 Å². The normalized spacial score (nSPS) is 12.3. The van der Waals surface area contributed by atoms with Crippen LogP contribution < -0.4 is 19.5 Å². The Labute approximate surface area is 132 Å². The second-order valence-corrected chi connectivity index (χ2v) is 5.42. The lowest BCUT2D eigenvalue weighted by Gasteiger charge is -2.10. The van der Waals surface area contributed by atoms with Crippen LogP contribution in [-0.2, 0) is 6.54 Å². The molecule has 0 unspecified atom stereocenters. The van der Waals surface area contributed by atoms with Crippen LogP contribution >= 0.6 is 23.2 Å². The lowest BCUT2D eigenvalue weighted by atomic mass is 10.1. The van der Waals surface area contributed by atoms with Gasteiger partial charge in [-0.15, -0.1) is 0 Å². The van der Waals surface area contributed by atoms with E-state index < -0.39 is 0 Å². The third-order valence-corrected chi connectivity index (χ3v) is 3.51. The second kappa shape index (κ2) is 5.92. The lowest BCUT2D eigenvalue weighted by Crippen LogP contribution is -2.00. The van der Waals surface area contributed by atoms with Gasteiger partial charge in [-0.05, 0) is 35.9 Å². The largest absolute Gasteiger partial charge is 0.493 e. The van der Waals surface area contributed by atoms with E-state index in [4.69, 9.17) is 37.4 Å². The molecular weight excluding hydrogens is 313 g/mol. The molecular formula is C15H13Cl2NO3. The summed E-state index contributed by atoms with van der Waals surface area (Å²) >= 11 is 12.0. The van der Waals surface area contributed by atoms with Crippen molar-refractivity contribution < 1.29 is 14.2 Å². The van der Waals surface area contributed by atoms with Crippen LogP contribution in [0.2, 0.25) is 10.0 Å². The van der Waals surface area contributed by atoms with Gasteiger partial charge in [0.05, 0.1) is 7.11 Å². The van der Waals surface area contributed by atoms with Crippen molar-refractivity contribution in [2.45, 2.75) is 6.54 Å². The summed E-state index contributed by atoms with van der Waals surface area (Å²) in [4.78, 5) is 0. The Hall–Kier alpha value is -1.78. The molecule has 3 rings (SSSR count). The Bertz CT molecular complexity index is 656. The monoisotopic (exact) mass is 325 g/mol. The first kappa shape index (κ1) is 14.2. The van der Waals surface area contributed by atoms with E-state index in [1.54, 1.807) is 13.2 Å². The third-order valence-electron chi connectivity index (χ3n) is 3.08. The lowest BCUT2D eigenvalue weighted by molar-refractivity contribution is 0.171. The number of halogens is 2. The van der Waals surface area contributed by atoms with E-state index in [2.05, 4.69) is 5.32 Å². The zero-order chi connectivity index (χ0) is 14.8. The number of rotatable bonds is 4. The van der Waals surface area contributed by atoms with Gasteiger partial charge in [-0.3, -0.25) is 0 Å². The molecule has 0 aliphatic carbocycles. The van der Waals surface area contributed by atoms with Crippen LogP contribution in [0.5, 0.6) is 17.2 Å². The van der Waals surface area contributed by atoms with E-state index in [0.29, 0.717) is 33.8 Å². The number of nitrogens with one attached hydrogen (secondary N) is 1. The summed E-state index contributed by atoms with van der Waals surface area (Å²) in [5.74, 6) is 1.99. The Kier molecular flexibility index (Phi) is 3.99. The molecule has 21 heavy (non-hydrogen) atoms. The van der Waals surface area contributed by atoms with Crippen molar-refractivity contribution >= 4 is 28.9 Å². The van der Waals surface area contributed by atoms with Crippen LogP contribution in [0, 0.1) is 0 Å². The van der Waals surface area contributed by atoms with E-state index in [1.807, 2.05) is 24.3 Å². The van der Waals surface area contributed by atoms with Gasteiger partial charge in [-0.2, -0.15) is 0 Å². The highest BCUT2D eigenvalue weighted by atomic mass is 35.5. The molecule has 1 heterocycles. The summed E-state index contributed by atoms with van der Waals surface area (Å²) < 4.78 is 16.1. The zero-order valence-corrected chi connectivity index (χ0v) is 12.8. The van der Waals surface area contributed by atoms with Crippen LogP contribution in [-0.4, -0.2) is 13.9 Å². The fraction of sp³-hybridized carbons (Fsp3) is 0.200. The number of benzene rings is 2. The number of anilines is 1. The fourth-order valence-electron chi connectivity index (χ4n) is 2.15. The van der Waals surface area contributed by atoms with E-state index in [1.165, 1.54) is 0 Å². The summed E-state index contributed by atoms with van der Waals surface area (Å²) in [5.41, 5.74) is 1.86. The molecule has 2 aromatic carbocycles. The minimum Gasteiger partial charge on any atom is -0.493 e. The summed E-state index contributed by atoms with van der Waals surface area (Å²) in [6.45, 7) is 0.802. The third kappa shape index (κ3) is 3.12. The summed E-state index contributed by atoms with van der Waals surface area (Å²) in [6, 6.07) is 9.16. The van der Waals surface area contributed by atoms with Crippen molar-refractivity contribution in [2.75, 3.05) is 19.2 Å². The van der Waals surface area contributed by atoms with Crippen molar-refractivity contribution in [3.05, 3.63) is 45.9 Å². The van der Waals surface area contributed by atoms with Gasteiger partial charge in [-0.1, -0.05) is 23.2 Å². The van der Waals surface area contributed by atoms with Gasteiger partial charge < -0.3 is 19.5 Å². The molecule has 0 aromatic heterocycles. The SMILES string of the molecule is COc1cc(CNc2cc(Cl)cc(Cl)c2)cc2c1OCO2. The number of methoxy groups -OCH3 is 1. The van der Waals surface area contributed by atoms with Crippen molar-refractivity contribution in [3.8, 4) is 17.2 Å². The standard InChI is InChI=1S/C15H13Cl2NO3/c1-19-13-2-9(3-14-15(13)21-8-20-14)7-18-12-5-10(16)4-11(17)6-12/h2-6,18H,7-8H2,1H3. The van der Waals surface area contributed by atoms with Crippen molar-refractivity contribution in [1.29, 1.82) is 0 Å². The molecule has 1 aliphatic heterocycles. The highest BCUT2D eigenvalue weighted by Gasteiger charge is 2.19. The van der Waals surface area contributed by atoms with Gasteiger partial charge in [0.2, 0.25) is 12.5 Å². The van der Waals surface area contributed by atoms with Gasteiger partial charge >= 0.3 is 0 Å². The average molecular weight is 326 g/mol. The van der Waals surface area contributed by atoms with Crippen LogP contribution in [0.3, 0.4) is 0 Å². The van der Waals surface area contributed by atoms with Gasteiger partial charge in [-0.25, -0.2) is 0 Å². The second-order valence-electron chi connectivity index (χ2n) is 4.54. The minimum absolute atomic E-state index is 0.215. The highest BCUT2D eigenvalue weighted by molar-refractivity contribution is 6.35. The smallest absolute Gasteiger partial charge is 0.231 e. The van der Waals surface area contributed by atoms with Crippen molar-refractivity contribution in [1.82, 2.24) is 0 Å². The molecule has 1 aliphatic rings. The topological polar surface area (TPSA) is 39.7 Å². The molecule has 4 nitrogen and oxygen atoms in total. The van der Waals surface area contributed by atoms with Gasteiger partial charge in [0.25, 0.3) is 0 Å². The molecule has 0 bridgehead atoms. The number of hydrogen-bond donors (Lipinski definition) is 1. The van der Waals surface area contributed by atoms with Gasteiger partial charge in [0.1, 0.15) is 0 Å². The Morgan fingerprint density at radius 1 is 1.10 bits per heavy atom. The molecule has 110 valence electrons. The quantitative estimate of drug-likeness (QED) is 0.907. The van der Waals surface area contributed by atoms with Crippen LogP contribution in [0.25, 0.3) is 0 Å². The van der Waals surface area contributed by atoms with E-state index in [9.17, 15) is 0 Å². The molecule has 0 amide bonds. The molecule has 2 aromatic rings. The number of ether oxygens (including phenoxy) is 3. The summed E-state index contributed by atoms with van der Waals surface area (Å²) in [6.07, 6.45) is 0. The molecule has 1 N–H and O–H groups in total. The maximum Gasteiger partial charge on any atom is 0.231 e. The summed E-state index contributed by atoms with van der Waals surface area (Å²) in [5, 5.41) is 4.45. The Morgan fingerprint density at radius 2 is 1.86 bits per heavy atom. The zero-order valence-electron chi connectivity index (χ0n) is 11.3. The van der Waals surface area contributed by atoms with E-state index in [-0.39, 0.29) is 6.79 Å². The maximum absolute atomic E-state index is 5.98. The van der Waals surface area contributed by atoms with Crippen molar-refractivity contribution in [2.24, 2.45) is 0 Å². The first-order valence-electron chi connectivity index (χ1n) is 6.32. The molecule has 0 radical (unpaired) electrons. The molecule has 0 atom stereocenters. The first-order chi connectivity index (χ1) is 10.2. The van der Waals surface area contributed by atoms with Crippen LogP contribution in [0.1, 0.15) is 5.56 Å². The Balaban J connectivity index is 1.79. The summed E-state index contributed by atoms with van der Waals surface area (Å²) in [7, 11) is 1.60. The highest BCUT2D eigenvalue weighted by Crippen LogP contribution is 2.41. The Morgan fingerprint density at radius 3 is 2.57 bits per heavy atom. The van der Waals surface area contributed by atoms with E-state index in [0.717, 1.165) is 11.3 Å². The van der Waals surface area contributed by atoms with Crippen molar-refractivity contribution in [3.63, 3.8) is 0 Å². The van der Waals surface area contributed by atoms with Gasteiger partial charge in [0, 0.05) is 22.3 Å². The van der Waals surface area contributed by atoms with E-state index >= 15 is 0 Å². The minimum atomic E-state index is 0.215. The molecule has 0 saturated heterocycles. The average Bonchev–Trinajstić information content (AvgIpc) is 2.91. The number of fused-ring (bicyclic) bond motifs is 1. The number of hydrogen-bond acceptors (Lipinski definition) is 4. The van der Waals surface area contributed by atoms with Crippen LogP contribution in [0.15, 0.2) is 30.3 Å². The predicted molar refractivity (Wildman–Crippen MR) is 82.9 cm³/mol. The molecule has 0 saturated carbocycles. The molecule has 0 fully saturated rings.